The molecule has 2 N–H and O–H groups in total. The average molecular weight is 787 g/mol. The Morgan fingerprint density at radius 2 is 1.20 bits per heavy atom. The number of hydrogen-bond acceptors (Lipinski definition) is 9. The maximum atomic E-state index is 15.2. The zero-order valence-corrected chi connectivity index (χ0v) is 31.3. The number of primary amides is 1. The lowest BCUT2D eigenvalue weighted by atomic mass is 9.95. The van der Waals surface area contributed by atoms with Gasteiger partial charge in [-0.15, -0.1) is 10.2 Å². The summed E-state index contributed by atoms with van der Waals surface area (Å²) in [6, 6.07) is 28.3. The van der Waals surface area contributed by atoms with E-state index in [9.17, 15) is 4.79 Å². The number of tetrazole rings is 1. The molecule has 0 saturated carbocycles. The molecular formula is C40H37F3N6O6S. The molecule has 0 aliphatic carbocycles. The van der Waals surface area contributed by atoms with Gasteiger partial charge in [0.1, 0.15) is 22.1 Å². The highest BCUT2D eigenvalue weighted by Gasteiger charge is 2.43. The van der Waals surface area contributed by atoms with Gasteiger partial charge >= 0.3 is 6.18 Å². The topological polar surface area (TPSA) is 152 Å². The first kappa shape index (κ1) is 39.4. The summed E-state index contributed by atoms with van der Waals surface area (Å²) in [5.74, 6) is 0.706. The fourth-order valence-electron chi connectivity index (χ4n) is 6.07. The van der Waals surface area contributed by atoms with Crippen LogP contribution in [0.15, 0.2) is 114 Å². The summed E-state index contributed by atoms with van der Waals surface area (Å²) < 4.78 is 92.7. The third-order valence-corrected chi connectivity index (χ3v) is 10.8. The Bertz CT molecular complexity index is 2360. The summed E-state index contributed by atoms with van der Waals surface area (Å²) in [5.41, 5.74) is 6.23. The average Bonchev–Trinajstić information content (AvgIpc) is 3.65. The first-order valence-electron chi connectivity index (χ1n) is 17.1. The molecule has 0 unspecified atom stereocenters. The smallest absolute Gasteiger partial charge is 0.417 e. The van der Waals surface area contributed by atoms with E-state index in [1.165, 1.54) is 32.2 Å². The summed E-state index contributed by atoms with van der Waals surface area (Å²) in [4.78, 5) is 11.7. The molecule has 5 aromatic carbocycles. The van der Waals surface area contributed by atoms with Crippen LogP contribution in [0.25, 0.3) is 22.5 Å². The van der Waals surface area contributed by atoms with Crippen LogP contribution in [0.2, 0.25) is 0 Å². The summed E-state index contributed by atoms with van der Waals surface area (Å²) in [6.45, 7) is -0.548. The molecule has 56 heavy (non-hydrogen) atoms. The standard InChI is InChI=1S/C40H37F3N6O6S/c1-53-31-14-6-27(7-15-31)23-48(24-28-8-16-32(54-2)17-9-28)56(51,52)38-35(40(41,42)43)21-20-34(30-12-4-26(5-13-30)22-36(44)50)37(38)39-45-47-49(46-39)25-29-10-18-33(55-3)19-11-29/h4-21H,22-25H2,1-3H3,(H2,44,50). The quantitative estimate of drug-likeness (QED) is 0.123. The fraction of sp³-hybridized carbons (Fsp3) is 0.200. The maximum Gasteiger partial charge on any atom is 0.417 e. The van der Waals surface area contributed by atoms with Crippen LogP contribution in [-0.2, 0) is 47.0 Å². The van der Waals surface area contributed by atoms with Gasteiger partial charge in [0.05, 0.1) is 45.4 Å². The molecule has 1 amide bonds. The monoisotopic (exact) mass is 786 g/mol. The number of nitrogens with two attached hydrogens (primary N) is 1. The van der Waals surface area contributed by atoms with Gasteiger partial charge in [0, 0.05) is 13.1 Å². The minimum Gasteiger partial charge on any atom is -0.497 e. The zero-order valence-electron chi connectivity index (χ0n) is 30.5. The second-order valence-electron chi connectivity index (χ2n) is 12.7. The van der Waals surface area contributed by atoms with Gasteiger partial charge < -0.3 is 19.9 Å². The van der Waals surface area contributed by atoms with Gasteiger partial charge in [-0.1, -0.05) is 66.7 Å². The van der Waals surface area contributed by atoms with Gasteiger partial charge in [0.15, 0.2) is 0 Å². The Morgan fingerprint density at radius 1 is 0.714 bits per heavy atom. The van der Waals surface area contributed by atoms with Crippen molar-refractivity contribution in [2.45, 2.75) is 37.1 Å². The summed E-state index contributed by atoms with van der Waals surface area (Å²) >= 11 is 0. The van der Waals surface area contributed by atoms with Crippen molar-refractivity contribution in [3.8, 4) is 39.8 Å². The van der Waals surface area contributed by atoms with Crippen LogP contribution in [0.1, 0.15) is 27.8 Å². The SMILES string of the molecule is COc1ccc(CN(Cc2ccc(OC)cc2)S(=O)(=O)c2c(C(F)(F)F)ccc(-c3ccc(CC(N)=O)cc3)c2-c2nnn(Cc3ccc(OC)cc3)n2)cc1. The molecular weight excluding hydrogens is 750 g/mol. The lowest BCUT2D eigenvalue weighted by Crippen LogP contribution is -2.32. The highest BCUT2D eigenvalue weighted by atomic mass is 32.2. The lowest BCUT2D eigenvalue weighted by molar-refractivity contribution is -0.139. The number of methoxy groups -OCH3 is 3. The number of hydrogen-bond donors (Lipinski definition) is 1. The van der Waals surface area contributed by atoms with Gasteiger partial charge in [0.25, 0.3) is 0 Å². The number of sulfonamides is 1. The van der Waals surface area contributed by atoms with E-state index in [2.05, 4.69) is 15.4 Å². The summed E-state index contributed by atoms with van der Waals surface area (Å²) in [6.07, 6.45) is -5.21. The number of nitrogens with zero attached hydrogens (tertiary/aromatic N) is 5. The van der Waals surface area contributed by atoms with Gasteiger partial charge in [-0.05, 0) is 81.1 Å². The molecule has 0 radical (unpaired) electrons. The molecule has 1 aromatic heterocycles. The van der Waals surface area contributed by atoms with Gasteiger partial charge in [0.2, 0.25) is 21.8 Å². The third-order valence-electron chi connectivity index (χ3n) is 8.90. The molecule has 0 spiro atoms. The maximum absolute atomic E-state index is 15.2. The van der Waals surface area contributed by atoms with Crippen LogP contribution < -0.4 is 19.9 Å². The first-order valence-corrected chi connectivity index (χ1v) is 18.5. The van der Waals surface area contributed by atoms with Crippen molar-refractivity contribution in [2.75, 3.05) is 21.3 Å². The molecule has 0 aliphatic rings. The van der Waals surface area contributed by atoms with Crippen LogP contribution >= 0.6 is 0 Å². The van der Waals surface area contributed by atoms with Crippen LogP contribution in [0.4, 0.5) is 13.2 Å². The minimum absolute atomic E-state index is 0.0657. The Balaban J connectivity index is 1.57. The largest absolute Gasteiger partial charge is 0.497 e. The fourth-order valence-corrected chi connectivity index (χ4v) is 7.89. The normalized spacial score (nSPS) is 11.8. The molecule has 6 rings (SSSR count). The van der Waals surface area contributed by atoms with E-state index in [0.29, 0.717) is 39.5 Å². The molecule has 6 aromatic rings. The first-order chi connectivity index (χ1) is 26.8. The summed E-state index contributed by atoms with van der Waals surface area (Å²) in [5, 5.41) is 12.7. The Hall–Kier alpha value is -6.26. The zero-order chi connectivity index (χ0) is 40.0. The molecule has 0 bridgehead atoms. The molecule has 12 nitrogen and oxygen atoms in total. The molecule has 16 heteroatoms. The van der Waals surface area contributed by atoms with Crippen LogP contribution in [0, 0.1) is 0 Å². The number of aromatic nitrogens is 4. The van der Waals surface area contributed by atoms with E-state index in [0.717, 1.165) is 15.9 Å². The Labute approximate surface area is 321 Å². The molecule has 0 saturated heterocycles. The number of rotatable bonds is 15. The molecule has 1 heterocycles. The second-order valence-corrected chi connectivity index (χ2v) is 14.5. The predicted molar refractivity (Wildman–Crippen MR) is 201 cm³/mol. The highest BCUT2D eigenvalue weighted by Crippen LogP contribution is 2.45. The van der Waals surface area contributed by atoms with E-state index >= 15 is 21.6 Å². The van der Waals surface area contributed by atoms with Crippen molar-refractivity contribution in [3.05, 3.63) is 137 Å². The molecule has 0 aliphatic heterocycles. The van der Waals surface area contributed by atoms with Crippen molar-refractivity contribution in [1.29, 1.82) is 0 Å². The van der Waals surface area contributed by atoms with Crippen molar-refractivity contribution in [3.63, 3.8) is 0 Å². The van der Waals surface area contributed by atoms with E-state index in [1.807, 2.05) is 0 Å². The van der Waals surface area contributed by atoms with Gasteiger partial charge in [-0.25, -0.2) is 8.42 Å². The highest BCUT2D eigenvalue weighted by molar-refractivity contribution is 7.89. The number of carbonyl (C=O) groups excluding carboxylic acids is 1. The minimum atomic E-state index is -5.13. The molecule has 0 atom stereocenters. The molecule has 290 valence electrons. The van der Waals surface area contributed by atoms with E-state index < -0.39 is 38.1 Å². The predicted octanol–water partition coefficient (Wildman–Crippen LogP) is 6.52. The van der Waals surface area contributed by atoms with Gasteiger partial charge in [-0.2, -0.15) is 22.3 Å². The number of carbonyl (C=O) groups is 1. The third kappa shape index (κ3) is 8.98. The number of halogens is 3. The van der Waals surface area contributed by atoms with Crippen LogP contribution in [-0.4, -0.2) is 60.2 Å². The van der Waals surface area contributed by atoms with E-state index in [1.54, 1.807) is 97.1 Å². The van der Waals surface area contributed by atoms with Crippen LogP contribution in [0.5, 0.6) is 17.2 Å². The summed E-state index contributed by atoms with van der Waals surface area (Å²) in [7, 11) is -0.585. The second kappa shape index (κ2) is 16.6. The number of alkyl halides is 3. The van der Waals surface area contributed by atoms with E-state index in [-0.39, 0.29) is 37.4 Å². The number of benzene rings is 5. The van der Waals surface area contributed by atoms with Crippen molar-refractivity contribution < 1.29 is 40.6 Å². The van der Waals surface area contributed by atoms with E-state index in [4.69, 9.17) is 19.9 Å². The Morgan fingerprint density at radius 3 is 1.66 bits per heavy atom. The van der Waals surface area contributed by atoms with Crippen molar-refractivity contribution in [1.82, 2.24) is 24.5 Å². The molecule has 0 fully saturated rings. The Kier molecular flexibility index (Phi) is 11.7. The van der Waals surface area contributed by atoms with Crippen molar-refractivity contribution >= 4 is 15.9 Å². The van der Waals surface area contributed by atoms with Crippen LogP contribution in [0.3, 0.4) is 0 Å². The number of ether oxygens (including phenoxy) is 3. The van der Waals surface area contributed by atoms with Gasteiger partial charge in [-0.3, -0.25) is 4.79 Å². The number of amides is 1. The lowest BCUT2D eigenvalue weighted by Gasteiger charge is -2.27. The van der Waals surface area contributed by atoms with Crippen molar-refractivity contribution in [2.24, 2.45) is 5.73 Å².